The third-order valence-corrected chi connectivity index (χ3v) is 4.44. The van der Waals surface area contributed by atoms with Crippen LogP contribution in [0, 0.1) is 21.4 Å². The molecule has 2 rings (SSSR count). The smallest absolute Gasteiger partial charge is 0.269 e. The van der Waals surface area contributed by atoms with Crippen molar-refractivity contribution in [1.82, 2.24) is 5.32 Å². The number of amides is 1. The molecule has 0 saturated heterocycles. The molecular weight excluding hydrogens is 422 g/mol. The van der Waals surface area contributed by atoms with Gasteiger partial charge in [0.2, 0.25) is 0 Å². The Labute approximate surface area is 193 Å². The van der Waals surface area contributed by atoms with Gasteiger partial charge >= 0.3 is 0 Å². The lowest BCUT2D eigenvalue weighted by atomic mass is 10.0. The molecule has 1 amide bonds. The van der Waals surface area contributed by atoms with Gasteiger partial charge in [0, 0.05) is 23.7 Å². The van der Waals surface area contributed by atoms with Crippen LogP contribution in [-0.2, 0) is 17.8 Å². The van der Waals surface area contributed by atoms with Gasteiger partial charge in [-0.2, -0.15) is 5.26 Å². The molecule has 0 fully saturated rings. The van der Waals surface area contributed by atoms with E-state index in [1.165, 1.54) is 18.2 Å². The highest BCUT2D eigenvalue weighted by atomic mass is 16.6. The number of nitro benzene ring substituents is 1. The second kappa shape index (κ2) is 12.1. The number of hydrogen-bond acceptors (Lipinski definition) is 6. The van der Waals surface area contributed by atoms with Gasteiger partial charge in [0.1, 0.15) is 18.2 Å². The third-order valence-electron chi connectivity index (χ3n) is 4.44. The molecule has 33 heavy (non-hydrogen) atoms. The van der Waals surface area contributed by atoms with E-state index in [1.54, 1.807) is 24.3 Å². The van der Waals surface area contributed by atoms with Gasteiger partial charge in [-0.05, 0) is 68.7 Å². The van der Waals surface area contributed by atoms with E-state index in [9.17, 15) is 20.2 Å². The number of carbonyl (C=O) groups is 1. The SMILES string of the molecule is C=CCc1cc(/C=C(/C#N)C(=O)NC(C)C)cc(OCC)c1OCc1ccc([N+](=O)[O-])cc1. The molecule has 172 valence electrons. The number of ether oxygens (including phenoxy) is 2. The standard InChI is InChI=1S/C25H27N3O5/c1-5-7-20-12-19(13-21(15-26)25(29)27-17(3)4)14-23(32-6-2)24(20)33-16-18-8-10-22(11-9-18)28(30)31/h5,8-14,17H,1,6-7,16H2,2-4H3,(H,27,29)/b21-13-. The van der Waals surface area contributed by atoms with Crippen LogP contribution < -0.4 is 14.8 Å². The van der Waals surface area contributed by atoms with E-state index in [4.69, 9.17) is 9.47 Å². The van der Waals surface area contributed by atoms with Gasteiger partial charge in [0.05, 0.1) is 11.5 Å². The fourth-order valence-electron chi connectivity index (χ4n) is 3.03. The predicted molar refractivity (Wildman–Crippen MR) is 126 cm³/mol. The first-order valence-corrected chi connectivity index (χ1v) is 10.5. The van der Waals surface area contributed by atoms with Gasteiger partial charge in [0.15, 0.2) is 11.5 Å². The second-order valence-electron chi connectivity index (χ2n) is 7.44. The second-order valence-corrected chi connectivity index (χ2v) is 7.44. The summed E-state index contributed by atoms with van der Waals surface area (Å²) < 4.78 is 11.8. The van der Waals surface area contributed by atoms with Gasteiger partial charge in [-0.15, -0.1) is 6.58 Å². The van der Waals surface area contributed by atoms with Crippen LogP contribution >= 0.6 is 0 Å². The van der Waals surface area contributed by atoms with Crippen molar-refractivity contribution >= 4 is 17.7 Å². The average Bonchev–Trinajstić information content (AvgIpc) is 2.77. The highest BCUT2D eigenvalue weighted by molar-refractivity contribution is 6.01. The molecule has 2 aromatic carbocycles. The van der Waals surface area contributed by atoms with Crippen LogP contribution in [0.5, 0.6) is 11.5 Å². The predicted octanol–water partition coefficient (Wildman–Crippen LogP) is 4.73. The molecule has 8 nitrogen and oxygen atoms in total. The minimum atomic E-state index is -0.455. The molecule has 0 atom stereocenters. The van der Waals surface area contributed by atoms with Gasteiger partial charge in [-0.25, -0.2) is 0 Å². The number of nitriles is 1. The number of nitro groups is 1. The highest BCUT2D eigenvalue weighted by Gasteiger charge is 2.16. The molecule has 0 aliphatic carbocycles. The summed E-state index contributed by atoms with van der Waals surface area (Å²) in [5.74, 6) is 0.526. The van der Waals surface area contributed by atoms with Crippen LogP contribution in [-0.4, -0.2) is 23.5 Å². The Hall–Kier alpha value is -4.12. The number of carbonyl (C=O) groups excluding carboxylic acids is 1. The van der Waals surface area contributed by atoms with Crippen LogP contribution in [0.3, 0.4) is 0 Å². The van der Waals surface area contributed by atoms with Crippen LogP contribution in [0.15, 0.2) is 54.6 Å². The summed E-state index contributed by atoms with van der Waals surface area (Å²) >= 11 is 0. The quantitative estimate of drug-likeness (QED) is 0.174. The van der Waals surface area contributed by atoms with Crippen LogP contribution in [0.1, 0.15) is 37.5 Å². The maximum absolute atomic E-state index is 12.3. The first-order chi connectivity index (χ1) is 15.8. The van der Waals surface area contributed by atoms with Crippen LogP contribution in [0.25, 0.3) is 6.08 Å². The molecule has 0 aliphatic rings. The zero-order valence-electron chi connectivity index (χ0n) is 19.0. The highest BCUT2D eigenvalue weighted by Crippen LogP contribution is 2.35. The zero-order valence-corrected chi connectivity index (χ0v) is 19.0. The molecule has 8 heteroatoms. The number of benzene rings is 2. The Balaban J connectivity index is 2.40. The van der Waals surface area contributed by atoms with Crippen molar-refractivity contribution in [3.63, 3.8) is 0 Å². The summed E-state index contributed by atoms with van der Waals surface area (Å²) in [7, 11) is 0. The minimum Gasteiger partial charge on any atom is -0.490 e. The average molecular weight is 450 g/mol. The Bertz CT molecular complexity index is 1080. The summed E-state index contributed by atoms with van der Waals surface area (Å²) in [5.41, 5.74) is 2.13. The molecular formula is C25H27N3O5. The summed E-state index contributed by atoms with van der Waals surface area (Å²) in [6.07, 6.45) is 3.69. The largest absolute Gasteiger partial charge is 0.490 e. The fraction of sp³-hybridized carbons (Fsp3) is 0.280. The van der Waals surface area contributed by atoms with Crippen molar-refractivity contribution in [2.24, 2.45) is 0 Å². The van der Waals surface area contributed by atoms with Gasteiger partial charge in [-0.3, -0.25) is 14.9 Å². The molecule has 0 heterocycles. The lowest BCUT2D eigenvalue weighted by molar-refractivity contribution is -0.384. The number of nitrogens with one attached hydrogen (secondary N) is 1. The number of allylic oxidation sites excluding steroid dienone is 1. The topological polar surface area (TPSA) is 114 Å². The number of hydrogen-bond donors (Lipinski definition) is 1. The van der Waals surface area contributed by atoms with E-state index in [0.29, 0.717) is 30.1 Å². The summed E-state index contributed by atoms with van der Waals surface area (Å²) in [6.45, 7) is 9.83. The Morgan fingerprint density at radius 2 is 1.97 bits per heavy atom. The summed E-state index contributed by atoms with van der Waals surface area (Å²) in [6, 6.07) is 11.5. The molecule has 2 aromatic rings. The van der Waals surface area contributed by atoms with Crippen LogP contribution in [0.2, 0.25) is 0 Å². The number of non-ortho nitro benzene ring substituents is 1. The number of rotatable bonds is 11. The van der Waals surface area contributed by atoms with E-state index in [2.05, 4.69) is 11.9 Å². The Kier molecular flexibility index (Phi) is 9.18. The van der Waals surface area contributed by atoms with Crippen molar-refractivity contribution in [2.45, 2.75) is 39.8 Å². The van der Waals surface area contributed by atoms with E-state index in [0.717, 1.165) is 11.1 Å². The molecule has 0 radical (unpaired) electrons. The summed E-state index contributed by atoms with van der Waals surface area (Å²) in [5, 5.41) is 23.0. The van der Waals surface area contributed by atoms with Crippen molar-refractivity contribution in [3.8, 4) is 17.6 Å². The lowest BCUT2D eigenvalue weighted by Gasteiger charge is -2.17. The van der Waals surface area contributed by atoms with Crippen LogP contribution in [0.4, 0.5) is 5.69 Å². The lowest BCUT2D eigenvalue weighted by Crippen LogP contribution is -2.30. The van der Waals surface area contributed by atoms with E-state index in [-0.39, 0.29) is 23.9 Å². The Morgan fingerprint density at radius 1 is 1.27 bits per heavy atom. The Morgan fingerprint density at radius 3 is 2.52 bits per heavy atom. The molecule has 0 unspecified atom stereocenters. The van der Waals surface area contributed by atoms with E-state index < -0.39 is 10.8 Å². The maximum atomic E-state index is 12.3. The minimum absolute atomic E-state index is 0.00652. The van der Waals surface area contributed by atoms with E-state index in [1.807, 2.05) is 32.9 Å². The molecule has 0 spiro atoms. The van der Waals surface area contributed by atoms with Crippen molar-refractivity contribution in [2.75, 3.05) is 6.61 Å². The van der Waals surface area contributed by atoms with Crippen molar-refractivity contribution in [3.05, 3.63) is 81.4 Å². The fourth-order valence-corrected chi connectivity index (χ4v) is 3.03. The number of nitrogens with zero attached hydrogens (tertiary/aromatic N) is 2. The molecule has 1 N–H and O–H groups in total. The molecule has 0 aliphatic heterocycles. The first kappa shape index (κ1) is 25.1. The zero-order chi connectivity index (χ0) is 24.4. The molecule has 0 aromatic heterocycles. The molecule has 0 saturated carbocycles. The third kappa shape index (κ3) is 7.21. The van der Waals surface area contributed by atoms with Gasteiger partial charge < -0.3 is 14.8 Å². The van der Waals surface area contributed by atoms with Crippen molar-refractivity contribution in [1.29, 1.82) is 5.26 Å². The summed E-state index contributed by atoms with van der Waals surface area (Å²) in [4.78, 5) is 22.7. The van der Waals surface area contributed by atoms with Crippen molar-refractivity contribution < 1.29 is 19.2 Å². The van der Waals surface area contributed by atoms with Gasteiger partial charge in [0.25, 0.3) is 11.6 Å². The molecule has 0 bridgehead atoms. The monoisotopic (exact) mass is 449 g/mol. The normalized spacial score (nSPS) is 10.9. The first-order valence-electron chi connectivity index (χ1n) is 10.5. The van der Waals surface area contributed by atoms with E-state index >= 15 is 0 Å². The maximum Gasteiger partial charge on any atom is 0.269 e. The van der Waals surface area contributed by atoms with Gasteiger partial charge in [-0.1, -0.05) is 6.08 Å².